The van der Waals surface area contributed by atoms with Gasteiger partial charge >= 0.3 is 0 Å². The van der Waals surface area contributed by atoms with E-state index in [1.165, 1.54) is 5.56 Å². The van der Waals surface area contributed by atoms with Gasteiger partial charge in [-0.2, -0.15) is 0 Å². The number of pyridine rings is 1. The van der Waals surface area contributed by atoms with Gasteiger partial charge in [0.05, 0.1) is 5.52 Å². The Morgan fingerprint density at radius 1 is 1.18 bits per heavy atom. The van der Waals surface area contributed by atoms with Crippen LogP contribution in [0.2, 0.25) is 0 Å². The number of hydrogen-bond acceptors (Lipinski definition) is 2. The normalized spacial score (nSPS) is 12.0. The van der Waals surface area contributed by atoms with Gasteiger partial charge < -0.3 is 5.73 Å². The Morgan fingerprint density at radius 3 is 2.47 bits per heavy atom. The zero-order valence-corrected chi connectivity index (χ0v) is 11.0. The van der Waals surface area contributed by atoms with Crippen LogP contribution in [0.4, 0.5) is 5.69 Å². The van der Waals surface area contributed by atoms with Crippen LogP contribution in [0.5, 0.6) is 0 Å². The molecule has 0 fully saturated rings. The lowest BCUT2D eigenvalue weighted by atomic mass is 9.90. The summed E-state index contributed by atoms with van der Waals surface area (Å²) in [6.45, 7) is 8.61. The fourth-order valence-corrected chi connectivity index (χ4v) is 1.90. The SMILES string of the molecule is CCc1ccc2nc(C(C)(C)C)cc(N)c2c1. The van der Waals surface area contributed by atoms with Crippen molar-refractivity contribution in [3.05, 3.63) is 35.5 Å². The summed E-state index contributed by atoms with van der Waals surface area (Å²) in [6.07, 6.45) is 1.02. The summed E-state index contributed by atoms with van der Waals surface area (Å²) in [6, 6.07) is 8.34. The van der Waals surface area contributed by atoms with Gasteiger partial charge in [0.15, 0.2) is 0 Å². The average molecular weight is 228 g/mol. The van der Waals surface area contributed by atoms with Gasteiger partial charge in [-0.05, 0) is 30.2 Å². The predicted molar refractivity (Wildman–Crippen MR) is 74.2 cm³/mol. The van der Waals surface area contributed by atoms with Crippen LogP contribution in [0.1, 0.15) is 39.0 Å². The first-order chi connectivity index (χ1) is 7.91. The summed E-state index contributed by atoms with van der Waals surface area (Å²) in [7, 11) is 0. The summed E-state index contributed by atoms with van der Waals surface area (Å²) in [5, 5.41) is 1.07. The second-order valence-electron chi connectivity index (χ2n) is 5.55. The summed E-state index contributed by atoms with van der Waals surface area (Å²) in [5.74, 6) is 0. The molecule has 1 aromatic carbocycles. The van der Waals surface area contributed by atoms with E-state index in [9.17, 15) is 0 Å². The number of aryl methyl sites for hydroxylation is 1. The number of aromatic nitrogens is 1. The monoisotopic (exact) mass is 228 g/mol. The van der Waals surface area contributed by atoms with Gasteiger partial charge in [-0.25, -0.2) is 0 Å². The van der Waals surface area contributed by atoms with E-state index in [-0.39, 0.29) is 5.41 Å². The molecule has 0 saturated heterocycles. The van der Waals surface area contributed by atoms with E-state index in [1.807, 2.05) is 6.07 Å². The topological polar surface area (TPSA) is 38.9 Å². The first-order valence-electron chi connectivity index (χ1n) is 6.11. The lowest BCUT2D eigenvalue weighted by Crippen LogP contribution is -2.14. The van der Waals surface area contributed by atoms with Crippen molar-refractivity contribution in [1.82, 2.24) is 4.98 Å². The van der Waals surface area contributed by atoms with Crippen molar-refractivity contribution in [1.29, 1.82) is 0 Å². The molecule has 1 aromatic heterocycles. The van der Waals surface area contributed by atoms with Gasteiger partial charge in [-0.1, -0.05) is 33.8 Å². The van der Waals surface area contributed by atoms with Gasteiger partial charge in [-0.15, -0.1) is 0 Å². The van der Waals surface area contributed by atoms with E-state index in [0.29, 0.717) is 0 Å². The molecule has 0 saturated carbocycles. The maximum absolute atomic E-state index is 6.14. The van der Waals surface area contributed by atoms with Crippen molar-refractivity contribution >= 4 is 16.6 Å². The van der Waals surface area contributed by atoms with Gasteiger partial charge in [0.2, 0.25) is 0 Å². The largest absolute Gasteiger partial charge is 0.398 e. The minimum Gasteiger partial charge on any atom is -0.398 e. The molecule has 0 amide bonds. The quantitative estimate of drug-likeness (QED) is 0.808. The molecule has 0 spiro atoms. The van der Waals surface area contributed by atoms with Crippen molar-refractivity contribution in [2.75, 3.05) is 5.73 Å². The summed E-state index contributed by atoms with van der Waals surface area (Å²) >= 11 is 0. The molecule has 0 aliphatic heterocycles. The molecule has 0 aliphatic rings. The summed E-state index contributed by atoms with van der Waals surface area (Å²) in [4.78, 5) is 4.70. The lowest BCUT2D eigenvalue weighted by Gasteiger charge is -2.19. The van der Waals surface area contributed by atoms with Crippen LogP contribution in [0.15, 0.2) is 24.3 Å². The Bertz CT molecular complexity index is 551. The van der Waals surface area contributed by atoms with E-state index < -0.39 is 0 Å². The van der Waals surface area contributed by atoms with E-state index in [0.717, 1.165) is 28.7 Å². The molecule has 2 rings (SSSR count). The minimum absolute atomic E-state index is 0.0335. The molecule has 0 radical (unpaired) electrons. The fourth-order valence-electron chi connectivity index (χ4n) is 1.90. The minimum atomic E-state index is 0.0335. The highest BCUT2D eigenvalue weighted by Gasteiger charge is 2.17. The zero-order valence-electron chi connectivity index (χ0n) is 11.0. The second kappa shape index (κ2) is 4.02. The molecular formula is C15H20N2. The van der Waals surface area contributed by atoms with Gasteiger partial charge in [0, 0.05) is 22.2 Å². The second-order valence-corrected chi connectivity index (χ2v) is 5.55. The number of anilines is 1. The van der Waals surface area contributed by atoms with Crippen LogP contribution < -0.4 is 5.73 Å². The Labute approximate surface area is 103 Å². The molecule has 2 aromatic rings. The zero-order chi connectivity index (χ0) is 12.6. The average Bonchev–Trinajstić information content (AvgIpc) is 2.27. The maximum atomic E-state index is 6.14. The number of benzene rings is 1. The molecule has 0 aliphatic carbocycles. The van der Waals surface area contributed by atoms with Crippen molar-refractivity contribution in [2.45, 2.75) is 39.5 Å². The molecule has 0 unspecified atom stereocenters. The molecule has 90 valence electrons. The predicted octanol–water partition coefficient (Wildman–Crippen LogP) is 3.68. The molecule has 1 heterocycles. The smallest absolute Gasteiger partial charge is 0.0726 e. The van der Waals surface area contributed by atoms with Crippen molar-refractivity contribution in [3.8, 4) is 0 Å². The number of nitrogens with two attached hydrogens (primary N) is 1. The van der Waals surface area contributed by atoms with Crippen LogP contribution in [0.3, 0.4) is 0 Å². The number of rotatable bonds is 1. The Kier molecular flexibility index (Phi) is 2.82. The number of nitrogen functional groups attached to an aromatic ring is 1. The molecule has 17 heavy (non-hydrogen) atoms. The highest BCUT2D eigenvalue weighted by atomic mass is 14.7. The lowest BCUT2D eigenvalue weighted by molar-refractivity contribution is 0.572. The van der Waals surface area contributed by atoms with E-state index in [1.54, 1.807) is 0 Å². The van der Waals surface area contributed by atoms with Gasteiger partial charge in [-0.3, -0.25) is 4.98 Å². The van der Waals surface area contributed by atoms with Gasteiger partial charge in [0.1, 0.15) is 0 Å². The third kappa shape index (κ3) is 2.26. The van der Waals surface area contributed by atoms with E-state index >= 15 is 0 Å². The third-order valence-electron chi connectivity index (χ3n) is 3.08. The van der Waals surface area contributed by atoms with Crippen molar-refractivity contribution in [2.24, 2.45) is 0 Å². The number of nitrogens with zero attached hydrogens (tertiary/aromatic N) is 1. The summed E-state index contributed by atoms with van der Waals surface area (Å²) < 4.78 is 0. The van der Waals surface area contributed by atoms with Crippen molar-refractivity contribution in [3.63, 3.8) is 0 Å². The third-order valence-corrected chi connectivity index (χ3v) is 3.08. The molecule has 0 bridgehead atoms. The van der Waals surface area contributed by atoms with Gasteiger partial charge in [0.25, 0.3) is 0 Å². The van der Waals surface area contributed by atoms with Crippen LogP contribution >= 0.6 is 0 Å². The summed E-state index contributed by atoms with van der Waals surface area (Å²) in [5.41, 5.74) is 10.3. The fraction of sp³-hybridized carbons (Fsp3) is 0.400. The molecule has 0 atom stereocenters. The first kappa shape index (κ1) is 11.9. The molecule has 2 nitrogen and oxygen atoms in total. The van der Waals surface area contributed by atoms with Crippen LogP contribution in [0.25, 0.3) is 10.9 Å². The maximum Gasteiger partial charge on any atom is 0.0726 e. The number of hydrogen-bond donors (Lipinski definition) is 1. The standard InChI is InChI=1S/C15H20N2/c1-5-10-6-7-13-11(8-10)12(16)9-14(17-13)15(2,3)4/h6-9H,5H2,1-4H3,(H2,16,17). The molecule has 2 N–H and O–H groups in total. The Hall–Kier alpha value is -1.57. The highest BCUT2D eigenvalue weighted by Crippen LogP contribution is 2.28. The molecular weight excluding hydrogens is 208 g/mol. The van der Waals surface area contributed by atoms with Crippen molar-refractivity contribution < 1.29 is 0 Å². The highest BCUT2D eigenvalue weighted by molar-refractivity contribution is 5.90. The number of fused-ring (bicyclic) bond motifs is 1. The Morgan fingerprint density at radius 2 is 1.88 bits per heavy atom. The van der Waals surface area contributed by atoms with Crippen LogP contribution in [0, 0.1) is 0 Å². The van der Waals surface area contributed by atoms with Crippen LogP contribution in [-0.4, -0.2) is 4.98 Å². The Balaban J connectivity index is 2.68. The van der Waals surface area contributed by atoms with E-state index in [2.05, 4.69) is 45.9 Å². The first-order valence-corrected chi connectivity index (χ1v) is 6.11. The van der Waals surface area contributed by atoms with E-state index in [4.69, 9.17) is 10.7 Å². The molecule has 2 heteroatoms. The van der Waals surface area contributed by atoms with Crippen LogP contribution in [-0.2, 0) is 11.8 Å².